The molecule has 2 aliphatic rings. The maximum absolute atomic E-state index is 11.5. The maximum Gasteiger partial charge on any atom is 0.150 e. The summed E-state index contributed by atoms with van der Waals surface area (Å²) in [6.07, 6.45) is 6.02. The predicted octanol–water partition coefficient (Wildman–Crippen LogP) is 3.49. The minimum atomic E-state index is -0.0544. The fraction of sp³-hybridized carbons (Fsp3) is 0.263. The van der Waals surface area contributed by atoms with Crippen LogP contribution in [-0.2, 0) is 18.3 Å². The molecule has 4 rings (SSSR count). The van der Waals surface area contributed by atoms with Crippen molar-refractivity contribution in [1.29, 1.82) is 0 Å². The molecule has 1 spiro atoms. The van der Waals surface area contributed by atoms with E-state index in [4.69, 9.17) is 0 Å². The van der Waals surface area contributed by atoms with Gasteiger partial charge in [0.1, 0.15) is 12.6 Å². The standard InChI is InChI=1S/C19H16O2/c20-11-13-4-5-14-6-8-19(17(14)10-13)9-7-15-2-1-3-16(12-21)18(15)19/h1-5,10-12H,6-9H2. The molecule has 2 heteroatoms. The summed E-state index contributed by atoms with van der Waals surface area (Å²) < 4.78 is 0. The molecule has 0 saturated heterocycles. The van der Waals surface area contributed by atoms with Crippen LogP contribution < -0.4 is 0 Å². The van der Waals surface area contributed by atoms with Crippen LogP contribution in [0, 0.1) is 0 Å². The van der Waals surface area contributed by atoms with E-state index < -0.39 is 0 Å². The van der Waals surface area contributed by atoms with E-state index in [-0.39, 0.29) is 5.41 Å². The molecule has 104 valence electrons. The minimum absolute atomic E-state index is 0.0544. The summed E-state index contributed by atoms with van der Waals surface area (Å²) in [5, 5.41) is 0. The van der Waals surface area contributed by atoms with Crippen LogP contribution >= 0.6 is 0 Å². The highest BCUT2D eigenvalue weighted by Gasteiger charge is 2.45. The largest absolute Gasteiger partial charge is 0.298 e. The molecule has 2 nitrogen and oxygen atoms in total. The van der Waals surface area contributed by atoms with Crippen LogP contribution in [0.3, 0.4) is 0 Å². The highest BCUT2D eigenvalue weighted by molar-refractivity contribution is 5.81. The number of aldehydes is 2. The van der Waals surface area contributed by atoms with Crippen molar-refractivity contribution in [2.75, 3.05) is 0 Å². The van der Waals surface area contributed by atoms with Crippen LogP contribution in [0.15, 0.2) is 36.4 Å². The summed E-state index contributed by atoms with van der Waals surface area (Å²) in [6, 6.07) is 12.0. The third kappa shape index (κ3) is 1.59. The Kier molecular flexibility index (Phi) is 2.61. The summed E-state index contributed by atoms with van der Waals surface area (Å²) in [7, 11) is 0. The lowest BCUT2D eigenvalue weighted by atomic mass is 9.75. The van der Waals surface area contributed by atoms with E-state index >= 15 is 0 Å². The first-order valence-corrected chi connectivity index (χ1v) is 7.45. The van der Waals surface area contributed by atoms with Gasteiger partial charge in [0.2, 0.25) is 0 Å². The average molecular weight is 276 g/mol. The molecule has 1 unspecified atom stereocenters. The number of benzene rings is 2. The SMILES string of the molecule is O=Cc1ccc2c(c1)C1(CC2)CCc2cccc(C=O)c21. The van der Waals surface area contributed by atoms with Gasteiger partial charge in [-0.1, -0.05) is 30.3 Å². The number of rotatable bonds is 2. The Balaban J connectivity index is 1.99. The van der Waals surface area contributed by atoms with E-state index in [1.165, 1.54) is 22.3 Å². The Morgan fingerprint density at radius 2 is 1.71 bits per heavy atom. The molecule has 0 fully saturated rings. The minimum Gasteiger partial charge on any atom is -0.298 e. The molecule has 0 heterocycles. The summed E-state index contributed by atoms with van der Waals surface area (Å²) in [4.78, 5) is 22.6. The number of hydrogen-bond donors (Lipinski definition) is 0. The van der Waals surface area contributed by atoms with Crippen molar-refractivity contribution in [2.24, 2.45) is 0 Å². The Bertz CT molecular complexity index is 756. The molecule has 0 bridgehead atoms. The average Bonchev–Trinajstić information content (AvgIpc) is 3.10. The monoisotopic (exact) mass is 276 g/mol. The van der Waals surface area contributed by atoms with Gasteiger partial charge < -0.3 is 0 Å². The first-order valence-electron chi connectivity index (χ1n) is 7.45. The van der Waals surface area contributed by atoms with E-state index in [0.29, 0.717) is 0 Å². The molecule has 2 aliphatic carbocycles. The van der Waals surface area contributed by atoms with E-state index in [9.17, 15) is 9.59 Å². The van der Waals surface area contributed by atoms with Crippen molar-refractivity contribution >= 4 is 12.6 Å². The molecular formula is C19H16O2. The van der Waals surface area contributed by atoms with Crippen LogP contribution in [-0.4, -0.2) is 12.6 Å². The van der Waals surface area contributed by atoms with Crippen molar-refractivity contribution in [3.63, 3.8) is 0 Å². The van der Waals surface area contributed by atoms with Gasteiger partial charge in [-0.05, 0) is 54.0 Å². The number of carbonyl (C=O) groups is 2. The number of fused-ring (bicyclic) bond motifs is 4. The molecule has 2 aromatic carbocycles. The smallest absolute Gasteiger partial charge is 0.150 e. The summed E-state index contributed by atoms with van der Waals surface area (Å²) in [5.74, 6) is 0. The first kappa shape index (κ1) is 12.5. The van der Waals surface area contributed by atoms with Gasteiger partial charge in [0.15, 0.2) is 0 Å². The zero-order valence-electron chi connectivity index (χ0n) is 11.8. The molecule has 0 radical (unpaired) electrons. The van der Waals surface area contributed by atoms with Crippen molar-refractivity contribution < 1.29 is 9.59 Å². The van der Waals surface area contributed by atoms with Gasteiger partial charge in [0, 0.05) is 16.5 Å². The Morgan fingerprint density at radius 1 is 0.905 bits per heavy atom. The molecular weight excluding hydrogens is 260 g/mol. The summed E-state index contributed by atoms with van der Waals surface area (Å²) in [6.45, 7) is 0. The van der Waals surface area contributed by atoms with Crippen LogP contribution in [0.1, 0.15) is 55.8 Å². The second-order valence-corrected chi connectivity index (χ2v) is 6.12. The zero-order valence-corrected chi connectivity index (χ0v) is 11.8. The van der Waals surface area contributed by atoms with Gasteiger partial charge in [-0.2, -0.15) is 0 Å². The van der Waals surface area contributed by atoms with Crippen molar-refractivity contribution in [3.05, 3.63) is 69.8 Å². The molecule has 0 saturated carbocycles. The van der Waals surface area contributed by atoms with E-state index in [1.807, 2.05) is 24.3 Å². The Morgan fingerprint density at radius 3 is 2.48 bits per heavy atom. The quantitative estimate of drug-likeness (QED) is 0.787. The fourth-order valence-corrected chi connectivity index (χ4v) is 4.32. The second kappa shape index (κ2) is 4.39. The fourth-order valence-electron chi connectivity index (χ4n) is 4.32. The second-order valence-electron chi connectivity index (χ2n) is 6.12. The first-order chi connectivity index (χ1) is 10.3. The lowest BCUT2D eigenvalue weighted by Crippen LogP contribution is -2.23. The Labute approximate surface area is 123 Å². The molecule has 21 heavy (non-hydrogen) atoms. The van der Waals surface area contributed by atoms with Crippen LogP contribution in [0.4, 0.5) is 0 Å². The third-order valence-corrected chi connectivity index (χ3v) is 5.22. The highest BCUT2D eigenvalue weighted by Crippen LogP contribution is 2.53. The van der Waals surface area contributed by atoms with E-state index in [1.54, 1.807) is 0 Å². The van der Waals surface area contributed by atoms with Gasteiger partial charge in [0.25, 0.3) is 0 Å². The van der Waals surface area contributed by atoms with Crippen molar-refractivity contribution in [3.8, 4) is 0 Å². The van der Waals surface area contributed by atoms with Gasteiger partial charge in [-0.3, -0.25) is 9.59 Å². The molecule has 0 aliphatic heterocycles. The molecule has 1 atom stereocenters. The van der Waals surface area contributed by atoms with Gasteiger partial charge >= 0.3 is 0 Å². The van der Waals surface area contributed by atoms with Crippen LogP contribution in [0.25, 0.3) is 0 Å². The summed E-state index contributed by atoms with van der Waals surface area (Å²) >= 11 is 0. The van der Waals surface area contributed by atoms with Gasteiger partial charge in [0.05, 0.1) is 0 Å². The summed E-state index contributed by atoms with van der Waals surface area (Å²) in [5.41, 5.74) is 6.59. The van der Waals surface area contributed by atoms with Crippen LogP contribution in [0.5, 0.6) is 0 Å². The Hall–Kier alpha value is -2.22. The predicted molar refractivity (Wildman–Crippen MR) is 81.1 cm³/mol. The molecule has 0 aromatic heterocycles. The topological polar surface area (TPSA) is 34.1 Å². The third-order valence-electron chi connectivity index (χ3n) is 5.22. The van der Waals surface area contributed by atoms with E-state index in [0.717, 1.165) is 49.4 Å². The normalized spacial score (nSPS) is 22.1. The van der Waals surface area contributed by atoms with Crippen molar-refractivity contribution in [1.82, 2.24) is 0 Å². The maximum atomic E-state index is 11.5. The zero-order chi connectivity index (χ0) is 14.4. The number of carbonyl (C=O) groups excluding carboxylic acids is 2. The van der Waals surface area contributed by atoms with Crippen molar-refractivity contribution in [2.45, 2.75) is 31.1 Å². The molecule has 2 aromatic rings. The van der Waals surface area contributed by atoms with Crippen LogP contribution in [0.2, 0.25) is 0 Å². The molecule has 0 amide bonds. The van der Waals surface area contributed by atoms with E-state index in [2.05, 4.69) is 12.1 Å². The van der Waals surface area contributed by atoms with Gasteiger partial charge in [-0.15, -0.1) is 0 Å². The number of hydrogen-bond acceptors (Lipinski definition) is 2. The number of aryl methyl sites for hydroxylation is 2. The highest BCUT2D eigenvalue weighted by atomic mass is 16.1. The molecule has 0 N–H and O–H groups in total. The van der Waals surface area contributed by atoms with Gasteiger partial charge in [-0.25, -0.2) is 0 Å². The lowest BCUT2D eigenvalue weighted by molar-refractivity contribution is 0.111. The lowest BCUT2D eigenvalue weighted by Gasteiger charge is -2.28.